The molecule has 1 aromatic heterocycles. The first kappa shape index (κ1) is 14.6. The molecule has 1 atom stereocenters. The molecule has 0 spiro atoms. The van der Waals surface area contributed by atoms with E-state index in [1.54, 1.807) is 0 Å². The van der Waals surface area contributed by atoms with Gasteiger partial charge in [0.2, 0.25) is 0 Å². The zero-order valence-corrected chi connectivity index (χ0v) is 12.6. The van der Waals surface area contributed by atoms with Gasteiger partial charge in [0, 0.05) is 11.7 Å². The SMILES string of the molecule is Cc1cc(C)n(CC(N)c2ccc(OC(C)C)cc2)n1. The number of aryl methyl sites for hydroxylation is 2. The number of nitrogens with zero attached hydrogens (tertiary/aromatic N) is 2. The monoisotopic (exact) mass is 273 g/mol. The Balaban J connectivity index is 2.05. The predicted molar refractivity (Wildman–Crippen MR) is 80.8 cm³/mol. The largest absolute Gasteiger partial charge is 0.491 e. The second-order valence-electron chi connectivity index (χ2n) is 5.45. The van der Waals surface area contributed by atoms with Gasteiger partial charge in [-0.15, -0.1) is 0 Å². The van der Waals surface area contributed by atoms with E-state index in [1.165, 1.54) is 0 Å². The third-order valence-electron chi connectivity index (χ3n) is 3.15. The maximum absolute atomic E-state index is 6.25. The number of aromatic nitrogens is 2. The molecule has 108 valence electrons. The molecule has 4 heteroatoms. The minimum Gasteiger partial charge on any atom is -0.491 e. The second-order valence-corrected chi connectivity index (χ2v) is 5.45. The van der Waals surface area contributed by atoms with Crippen LogP contribution in [0.15, 0.2) is 30.3 Å². The third kappa shape index (κ3) is 3.61. The molecule has 0 aliphatic rings. The van der Waals surface area contributed by atoms with Crippen molar-refractivity contribution in [2.45, 2.75) is 46.4 Å². The zero-order chi connectivity index (χ0) is 14.7. The predicted octanol–water partition coefficient (Wildman–Crippen LogP) is 2.99. The summed E-state index contributed by atoms with van der Waals surface area (Å²) in [4.78, 5) is 0. The van der Waals surface area contributed by atoms with E-state index < -0.39 is 0 Å². The van der Waals surface area contributed by atoms with Gasteiger partial charge in [-0.1, -0.05) is 12.1 Å². The normalized spacial score (nSPS) is 12.7. The number of hydrogen-bond donors (Lipinski definition) is 1. The molecule has 0 aliphatic heterocycles. The Kier molecular flexibility index (Phi) is 4.45. The van der Waals surface area contributed by atoms with E-state index >= 15 is 0 Å². The fourth-order valence-electron chi connectivity index (χ4n) is 2.22. The molecule has 1 aromatic carbocycles. The standard InChI is InChI=1S/C16H23N3O/c1-11(2)20-15-7-5-14(6-8-15)16(17)10-19-13(4)9-12(3)18-19/h5-9,11,16H,10,17H2,1-4H3. The second kappa shape index (κ2) is 6.09. The molecule has 0 radical (unpaired) electrons. The van der Waals surface area contributed by atoms with Crippen molar-refractivity contribution in [1.29, 1.82) is 0 Å². The molecule has 0 saturated heterocycles. The molecule has 0 saturated carbocycles. The fraction of sp³-hybridized carbons (Fsp3) is 0.438. The summed E-state index contributed by atoms with van der Waals surface area (Å²) in [5, 5.41) is 4.44. The summed E-state index contributed by atoms with van der Waals surface area (Å²) in [7, 11) is 0. The fourth-order valence-corrected chi connectivity index (χ4v) is 2.22. The molecule has 4 nitrogen and oxygen atoms in total. The topological polar surface area (TPSA) is 53.1 Å². The van der Waals surface area contributed by atoms with Crippen molar-refractivity contribution < 1.29 is 4.74 Å². The highest BCUT2D eigenvalue weighted by Gasteiger charge is 2.10. The molecule has 0 fully saturated rings. The van der Waals surface area contributed by atoms with Crippen LogP contribution in [0.2, 0.25) is 0 Å². The maximum atomic E-state index is 6.25. The van der Waals surface area contributed by atoms with Gasteiger partial charge in [0.05, 0.1) is 18.3 Å². The number of rotatable bonds is 5. The van der Waals surface area contributed by atoms with E-state index in [0.29, 0.717) is 6.54 Å². The highest BCUT2D eigenvalue weighted by atomic mass is 16.5. The van der Waals surface area contributed by atoms with Crippen molar-refractivity contribution in [1.82, 2.24) is 9.78 Å². The summed E-state index contributed by atoms with van der Waals surface area (Å²) in [6, 6.07) is 9.97. The van der Waals surface area contributed by atoms with Gasteiger partial charge in [-0.25, -0.2) is 0 Å². The Labute approximate surface area is 120 Å². The van der Waals surface area contributed by atoms with Gasteiger partial charge >= 0.3 is 0 Å². The minimum atomic E-state index is -0.0684. The van der Waals surface area contributed by atoms with Gasteiger partial charge in [-0.3, -0.25) is 4.68 Å². The molecule has 0 bridgehead atoms. The van der Waals surface area contributed by atoms with Crippen LogP contribution >= 0.6 is 0 Å². The van der Waals surface area contributed by atoms with E-state index in [1.807, 2.05) is 56.6 Å². The first-order chi connectivity index (χ1) is 9.45. The number of nitrogens with two attached hydrogens (primary N) is 1. The third-order valence-corrected chi connectivity index (χ3v) is 3.15. The van der Waals surface area contributed by atoms with Crippen molar-refractivity contribution in [3.63, 3.8) is 0 Å². The van der Waals surface area contributed by atoms with Gasteiger partial charge in [0.15, 0.2) is 0 Å². The van der Waals surface area contributed by atoms with Crippen molar-refractivity contribution in [3.05, 3.63) is 47.3 Å². The van der Waals surface area contributed by atoms with Crippen LogP contribution in [0, 0.1) is 13.8 Å². The molecule has 20 heavy (non-hydrogen) atoms. The maximum Gasteiger partial charge on any atom is 0.119 e. The average molecular weight is 273 g/mol. The molecular weight excluding hydrogens is 250 g/mol. The van der Waals surface area contributed by atoms with Crippen LogP contribution in [0.25, 0.3) is 0 Å². The Hall–Kier alpha value is -1.81. The number of benzene rings is 1. The quantitative estimate of drug-likeness (QED) is 0.911. The van der Waals surface area contributed by atoms with Crippen LogP contribution in [0.5, 0.6) is 5.75 Å². The van der Waals surface area contributed by atoms with E-state index in [-0.39, 0.29) is 12.1 Å². The van der Waals surface area contributed by atoms with E-state index in [9.17, 15) is 0 Å². The van der Waals surface area contributed by atoms with Gasteiger partial charge in [-0.05, 0) is 51.5 Å². The molecule has 1 heterocycles. The summed E-state index contributed by atoms with van der Waals surface area (Å²) in [6.45, 7) is 8.76. The Bertz CT molecular complexity index is 558. The van der Waals surface area contributed by atoms with Crippen LogP contribution in [0.1, 0.15) is 36.8 Å². The Morgan fingerprint density at radius 3 is 2.35 bits per heavy atom. The van der Waals surface area contributed by atoms with Crippen molar-refractivity contribution in [2.24, 2.45) is 5.73 Å². The lowest BCUT2D eigenvalue weighted by Crippen LogP contribution is -2.19. The number of ether oxygens (including phenoxy) is 1. The zero-order valence-electron chi connectivity index (χ0n) is 12.6. The number of hydrogen-bond acceptors (Lipinski definition) is 3. The minimum absolute atomic E-state index is 0.0684. The van der Waals surface area contributed by atoms with E-state index in [2.05, 4.69) is 11.2 Å². The highest BCUT2D eigenvalue weighted by Crippen LogP contribution is 2.19. The van der Waals surface area contributed by atoms with Gasteiger partial charge in [0.25, 0.3) is 0 Å². The van der Waals surface area contributed by atoms with E-state index in [0.717, 1.165) is 22.7 Å². The first-order valence-corrected chi connectivity index (χ1v) is 6.99. The van der Waals surface area contributed by atoms with Crippen LogP contribution in [0.4, 0.5) is 0 Å². The van der Waals surface area contributed by atoms with Crippen molar-refractivity contribution in [2.75, 3.05) is 0 Å². The molecule has 1 unspecified atom stereocenters. The molecule has 2 rings (SSSR count). The van der Waals surface area contributed by atoms with Gasteiger partial charge < -0.3 is 10.5 Å². The first-order valence-electron chi connectivity index (χ1n) is 6.99. The summed E-state index contributed by atoms with van der Waals surface area (Å²) >= 11 is 0. The van der Waals surface area contributed by atoms with Gasteiger partial charge in [-0.2, -0.15) is 5.10 Å². The van der Waals surface area contributed by atoms with Crippen LogP contribution in [-0.4, -0.2) is 15.9 Å². The smallest absolute Gasteiger partial charge is 0.119 e. The summed E-state index contributed by atoms with van der Waals surface area (Å²) in [6.07, 6.45) is 0.184. The molecule has 2 N–H and O–H groups in total. The molecular formula is C16H23N3O. The van der Waals surface area contributed by atoms with E-state index in [4.69, 9.17) is 10.5 Å². The molecule has 2 aromatic rings. The lowest BCUT2D eigenvalue weighted by molar-refractivity contribution is 0.242. The van der Waals surface area contributed by atoms with Crippen molar-refractivity contribution >= 4 is 0 Å². The molecule has 0 amide bonds. The summed E-state index contributed by atoms with van der Waals surface area (Å²) in [5.41, 5.74) is 9.51. The summed E-state index contributed by atoms with van der Waals surface area (Å²) < 4.78 is 7.59. The van der Waals surface area contributed by atoms with Crippen LogP contribution in [-0.2, 0) is 6.54 Å². The Morgan fingerprint density at radius 2 is 1.85 bits per heavy atom. The van der Waals surface area contributed by atoms with Crippen molar-refractivity contribution in [3.8, 4) is 5.75 Å². The van der Waals surface area contributed by atoms with Gasteiger partial charge in [0.1, 0.15) is 5.75 Å². The highest BCUT2D eigenvalue weighted by molar-refractivity contribution is 5.29. The molecule has 0 aliphatic carbocycles. The summed E-state index contributed by atoms with van der Waals surface area (Å²) in [5.74, 6) is 0.877. The average Bonchev–Trinajstić information content (AvgIpc) is 2.68. The lowest BCUT2D eigenvalue weighted by Gasteiger charge is -2.15. The van der Waals surface area contributed by atoms with Crippen LogP contribution in [0.3, 0.4) is 0 Å². The van der Waals surface area contributed by atoms with Crippen LogP contribution < -0.4 is 10.5 Å². The Morgan fingerprint density at radius 1 is 1.20 bits per heavy atom. The lowest BCUT2D eigenvalue weighted by atomic mass is 10.1.